The van der Waals surface area contributed by atoms with E-state index >= 15 is 0 Å². The van der Waals surface area contributed by atoms with Crippen LogP contribution in [0.25, 0.3) is 0 Å². The molecule has 2 aliphatic carbocycles. The first-order valence-corrected chi connectivity index (χ1v) is 19.5. The van der Waals surface area contributed by atoms with Crippen molar-refractivity contribution in [1.82, 2.24) is 0 Å². The van der Waals surface area contributed by atoms with Crippen molar-refractivity contribution in [3.63, 3.8) is 0 Å². The van der Waals surface area contributed by atoms with E-state index in [1.165, 1.54) is 115 Å². The Morgan fingerprint density at radius 1 is 0.667 bits per heavy atom. The molecule has 0 aromatic heterocycles. The Bertz CT molecular complexity index is 771. The molecule has 0 N–H and O–H groups in total. The van der Waals surface area contributed by atoms with E-state index in [0.717, 1.165) is 21.6 Å². The first kappa shape index (κ1) is 39.5. The van der Waals surface area contributed by atoms with Gasteiger partial charge in [0.05, 0.1) is 0 Å². The third-order valence-corrected chi connectivity index (χ3v) is 16.5. The van der Waals surface area contributed by atoms with Gasteiger partial charge in [-0.3, -0.25) is 0 Å². The number of fused-ring (bicyclic) bond motifs is 1. The van der Waals surface area contributed by atoms with Crippen LogP contribution in [0.1, 0.15) is 116 Å². The summed E-state index contributed by atoms with van der Waals surface area (Å²) in [5.74, 6) is 1.57. The summed E-state index contributed by atoms with van der Waals surface area (Å²) < 4.78 is 0.828. The van der Waals surface area contributed by atoms with Gasteiger partial charge < -0.3 is 37.2 Å². The van der Waals surface area contributed by atoms with Gasteiger partial charge in [-0.15, -0.1) is 0 Å². The molecule has 5 heteroatoms. The average Bonchev–Trinajstić information content (AvgIpc) is 3.26. The second-order valence-electron chi connectivity index (χ2n) is 12.2. The van der Waals surface area contributed by atoms with Crippen LogP contribution < -0.4 is 42.4 Å². The van der Waals surface area contributed by atoms with Crippen molar-refractivity contribution in [2.45, 2.75) is 138 Å². The van der Waals surface area contributed by atoms with E-state index in [2.05, 4.69) is 88.5 Å². The average molecular weight is 646 g/mol. The fourth-order valence-corrected chi connectivity index (χ4v) is 14.4. The Hall–Kier alpha value is 0.501. The monoisotopic (exact) mass is 644 g/mol. The van der Waals surface area contributed by atoms with E-state index in [1.807, 2.05) is 0 Å². The molecule has 2 aliphatic rings. The molecule has 0 spiro atoms. The van der Waals surface area contributed by atoms with Crippen LogP contribution >= 0.6 is 0 Å². The molecular weight excluding hydrogens is 591 g/mol. The number of rotatable bonds is 19. The molecule has 220 valence electrons. The van der Waals surface area contributed by atoms with Crippen molar-refractivity contribution in [2.75, 3.05) is 0 Å². The maximum atomic E-state index is 2.74. The molecular formula is C34H55Cl3SiTi. The Morgan fingerprint density at radius 2 is 1.13 bits per heavy atom. The minimum Gasteiger partial charge on any atom is -1.00 e. The van der Waals surface area contributed by atoms with Crippen LogP contribution in [-0.2, 0) is 20.4 Å². The van der Waals surface area contributed by atoms with Gasteiger partial charge in [0, 0.05) is 0 Å². The molecule has 0 heterocycles. The van der Waals surface area contributed by atoms with Gasteiger partial charge in [0.15, 0.2) is 0 Å². The SMILES string of the molecule is CCCCCCCCCCCCCCCCCC[Si](C)(c1ccccc1)C1CC2C=CC=CC2[CH]1[Ti+3].[Cl-].[Cl-].[Cl-]. The fraction of sp³-hybridized carbons (Fsp3) is 0.706. The van der Waals surface area contributed by atoms with Crippen LogP contribution in [0.4, 0.5) is 0 Å². The summed E-state index contributed by atoms with van der Waals surface area (Å²) in [6, 6.07) is 13.2. The molecule has 0 amide bonds. The summed E-state index contributed by atoms with van der Waals surface area (Å²) in [6.45, 7) is 5.04. The van der Waals surface area contributed by atoms with Gasteiger partial charge in [0.25, 0.3) is 0 Å². The number of halogens is 3. The van der Waals surface area contributed by atoms with E-state index < -0.39 is 8.07 Å². The Labute approximate surface area is 274 Å². The number of unbranched alkanes of at least 4 members (excludes halogenated alkanes) is 15. The van der Waals surface area contributed by atoms with Crippen LogP contribution in [0.15, 0.2) is 54.6 Å². The minimum absolute atomic E-state index is 0. The van der Waals surface area contributed by atoms with E-state index in [9.17, 15) is 0 Å². The molecule has 1 fully saturated rings. The summed E-state index contributed by atoms with van der Waals surface area (Å²) >= 11 is 2.57. The van der Waals surface area contributed by atoms with E-state index in [0.29, 0.717) is 0 Å². The van der Waals surface area contributed by atoms with Crippen LogP contribution in [0.2, 0.25) is 22.4 Å². The minimum atomic E-state index is -1.52. The summed E-state index contributed by atoms with van der Waals surface area (Å²) in [7, 11) is -1.52. The first-order chi connectivity index (χ1) is 17.7. The van der Waals surface area contributed by atoms with E-state index in [4.69, 9.17) is 0 Å². The molecule has 5 atom stereocenters. The third kappa shape index (κ3) is 13.1. The van der Waals surface area contributed by atoms with Crippen molar-refractivity contribution >= 4 is 13.3 Å². The zero-order chi connectivity index (χ0) is 25.5. The quantitative estimate of drug-likeness (QED) is 0.159. The van der Waals surface area contributed by atoms with Gasteiger partial charge in [0.1, 0.15) is 0 Å². The van der Waals surface area contributed by atoms with Gasteiger partial charge in [0.2, 0.25) is 0 Å². The molecule has 0 saturated heterocycles. The fourth-order valence-electron chi connectivity index (χ4n) is 7.06. The zero-order valence-corrected chi connectivity index (χ0v) is 29.7. The molecule has 0 bridgehead atoms. The molecule has 1 aromatic rings. The van der Waals surface area contributed by atoms with Crippen molar-refractivity contribution in [3.8, 4) is 0 Å². The number of hydrogen-bond donors (Lipinski definition) is 0. The first-order valence-electron chi connectivity index (χ1n) is 15.8. The Morgan fingerprint density at radius 3 is 1.62 bits per heavy atom. The van der Waals surface area contributed by atoms with Gasteiger partial charge in [-0.1, -0.05) is 58.3 Å². The number of allylic oxidation sites excluding steroid dienone is 4. The van der Waals surface area contributed by atoms with Gasteiger partial charge in [-0.25, -0.2) is 0 Å². The predicted octanol–water partition coefficient (Wildman–Crippen LogP) is 1.71. The Balaban J connectivity index is 0.00000481. The molecule has 0 nitrogen and oxygen atoms in total. The van der Waals surface area contributed by atoms with Crippen molar-refractivity contribution in [1.29, 1.82) is 0 Å². The number of hydrogen-bond acceptors (Lipinski definition) is 0. The zero-order valence-electron chi connectivity index (χ0n) is 24.9. The summed E-state index contributed by atoms with van der Waals surface area (Å²) in [5, 5.41) is 1.72. The second kappa shape index (κ2) is 23.0. The van der Waals surface area contributed by atoms with Crippen molar-refractivity contribution in [2.24, 2.45) is 11.8 Å². The Kier molecular flexibility index (Phi) is 23.3. The molecule has 39 heavy (non-hydrogen) atoms. The topological polar surface area (TPSA) is 0 Å². The van der Waals surface area contributed by atoms with E-state index in [-0.39, 0.29) is 37.2 Å². The summed E-state index contributed by atoms with van der Waals surface area (Å²) in [6.07, 6.45) is 34.4. The van der Waals surface area contributed by atoms with Gasteiger partial charge in [-0.05, 0) is 0 Å². The second-order valence-corrected chi connectivity index (χ2v) is 17.9. The maximum absolute atomic E-state index is 2.74. The van der Waals surface area contributed by atoms with Crippen LogP contribution in [-0.4, -0.2) is 8.07 Å². The van der Waals surface area contributed by atoms with Crippen molar-refractivity contribution < 1.29 is 57.7 Å². The molecule has 5 unspecified atom stereocenters. The number of benzene rings is 1. The van der Waals surface area contributed by atoms with Gasteiger partial charge >= 0.3 is 180 Å². The third-order valence-electron chi connectivity index (χ3n) is 9.47. The molecule has 0 aliphatic heterocycles. The smallest absolute Gasteiger partial charge is 1.00 e. The van der Waals surface area contributed by atoms with E-state index in [1.54, 1.807) is 5.19 Å². The summed E-state index contributed by atoms with van der Waals surface area (Å²) in [4.78, 5) is 0. The van der Waals surface area contributed by atoms with Crippen LogP contribution in [0.5, 0.6) is 0 Å². The maximum Gasteiger partial charge on any atom is -1.00 e. The predicted molar refractivity (Wildman–Crippen MR) is 159 cm³/mol. The standard InChI is InChI=1S/C34H55Si.3ClH.Ti/c1-3-4-5-6-7-8-9-10-11-12-13-14-15-16-17-23-28-35(2,33-26-19-18-20-27-33)34-29-31-24-21-22-25-32(31)30-34;;;;/h18-22,24-27,29,31-32,34H,3-17,23,28,30H2,1-2H3;3*1H;/q;;;;+3/p-3. The van der Waals surface area contributed by atoms with Crippen molar-refractivity contribution in [3.05, 3.63) is 54.6 Å². The molecule has 1 aromatic carbocycles. The molecule has 0 radical (unpaired) electrons. The normalized spacial score (nSPS) is 22.8. The summed E-state index contributed by atoms with van der Waals surface area (Å²) in [5.41, 5.74) is 0.915. The van der Waals surface area contributed by atoms with Crippen LogP contribution in [0, 0.1) is 11.8 Å². The molecule has 3 rings (SSSR count). The largest absolute Gasteiger partial charge is 1.00 e. The van der Waals surface area contributed by atoms with Gasteiger partial charge in [-0.2, -0.15) is 0 Å². The molecule has 1 saturated carbocycles. The van der Waals surface area contributed by atoms with Crippen LogP contribution in [0.3, 0.4) is 0 Å².